The first-order chi connectivity index (χ1) is 15.9. The molecule has 0 saturated heterocycles. The lowest BCUT2D eigenvalue weighted by atomic mass is 9.84. The summed E-state index contributed by atoms with van der Waals surface area (Å²) in [4.78, 5) is 30.5. The molecule has 4 rings (SSSR count). The molecule has 170 valence electrons. The molecule has 0 spiro atoms. The van der Waals surface area contributed by atoms with Crippen molar-refractivity contribution in [1.82, 2.24) is 0 Å². The van der Waals surface area contributed by atoms with Crippen molar-refractivity contribution in [2.75, 3.05) is 23.5 Å². The number of para-hydroxylation sites is 1. The van der Waals surface area contributed by atoms with Crippen LogP contribution in [0.15, 0.2) is 72.8 Å². The van der Waals surface area contributed by atoms with E-state index in [0.717, 1.165) is 11.3 Å². The number of nitrogens with zero attached hydrogens (tertiary/aromatic N) is 2. The van der Waals surface area contributed by atoms with Crippen molar-refractivity contribution in [1.29, 1.82) is 0 Å². The molecule has 1 heterocycles. The maximum atomic E-state index is 13.7. The van der Waals surface area contributed by atoms with Crippen LogP contribution in [-0.2, 0) is 4.79 Å². The summed E-state index contributed by atoms with van der Waals surface area (Å²) in [5.41, 5.74) is 2.78. The zero-order valence-electron chi connectivity index (χ0n) is 19.0. The first-order valence-corrected chi connectivity index (χ1v) is 11.1. The molecule has 0 aromatic heterocycles. The molecule has 0 radical (unpaired) electrons. The number of benzene rings is 3. The smallest absolute Gasteiger partial charge is 0.258 e. The van der Waals surface area contributed by atoms with Crippen LogP contribution in [0, 0.1) is 5.82 Å². The molecule has 1 aliphatic rings. The largest absolute Gasteiger partial charge is 0.497 e. The van der Waals surface area contributed by atoms with Crippen LogP contribution < -0.4 is 14.5 Å². The van der Waals surface area contributed by atoms with Gasteiger partial charge < -0.3 is 14.5 Å². The molecule has 2 unspecified atom stereocenters. The van der Waals surface area contributed by atoms with Gasteiger partial charge in [0.15, 0.2) is 0 Å². The van der Waals surface area contributed by atoms with E-state index in [1.54, 1.807) is 53.3 Å². The van der Waals surface area contributed by atoms with E-state index in [1.807, 2.05) is 38.1 Å². The Morgan fingerprint density at radius 2 is 1.70 bits per heavy atom. The summed E-state index contributed by atoms with van der Waals surface area (Å²) in [5.74, 6) is -0.230. The molecule has 0 aliphatic carbocycles. The van der Waals surface area contributed by atoms with Crippen molar-refractivity contribution >= 4 is 23.2 Å². The highest BCUT2D eigenvalue weighted by Gasteiger charge is 2.38. The number of rotatable bonds is 5. The van der Waals surface area contributed by atoms with Gasteiger partial charge in [0.05, 0.1) is 13.0 Å². The predicted octanol–water partition coefficient (Wildman–Crippen LogP) is 5.41. The fourth-order valence-electron chi connectivity index (χ4n) is 4.50. The van der Waals surface area contributed by atoms with E-state index in [1.165, 1.54) is 12.1 Å². The Morgan fingerprint density at radius 1 is 1.03 bits per heavy atom. The van der Waals surface area contributed by atoms with E-state index in [9.17, 15) is 14.0 Å². The van der Waals surface area contributed by atoms with Crippen molar-refractivity contribution in [3.8, 4) is 5.75 Å². The SMILES string of the molecule is CCN(C(=O)C1CC(C)N(C(=O)c2ccc(OC)cc2)c2ccccc21)c1ccc(F)cc1. The van der Waals surface area contributed by atoms with Gasteiger partial charge in [-0.05, 0) is 80.4 Å². The fourth-order valence-corrected chi connectivity index (χ4v) is 4.50. The van der Waals surface area contributed by atoms with Crippen LogP contribution in [0.1, 0.15) is 42.1 Å². The maximum Gasteiger partial charge on any atom is 0.258 e. The number of carbonyl (C=O) groups excluding carboxylic acids is 2. The van der Waals surface area contributed by atoms with E-state index in [0.29, 0.717) is 30.0 Å². The molecule has 0 fully saturated rings. The van der Waals surface area contributed by atoms with Gasteiger partial charge in [-0.1, -0.05) is 18.2 Å². The predicted molar refractivity (Wildman–Crippen MR) is 127 cm³/mol. The topological polar surface area (TPSA) is 49.9 Å². The number of methoxy groups -OCH3 is 1. The summed E-state index contributed by atoms with van der Waals surface area (Å²) in [7, 11) is 1.59. The van der Waals surface area contributed by atoms with Gasteiger partial charge >= 0.3 is 0 Å². The Morgan fingerprint density at radius 3 is 2.33 bits per heavy atom. The third-order valence-electron chi connectivity index (χ3n) is 6.16. The summed E-state index contributed by atoms with van der Waals surface area (Å²) in [5, 5.41) is 0. The lowest BCUT2D eigenvalue weighted by Crippen LogP contribution is -2.46. The average molecular weight is 447 g/mol. The minimum atomic E-state index is -0.402. The monoisotopic (exact) mass is 446 g/mol. The van der Waals surface area contributed by atoms with Gasteiger partial charge in [0.1, 0.15) is 11.6 Å². The molecular formula is C27H27FN2O3. The number of fused-ring (bicyclic) bond motifs is 1. The Balaban J connectivity index is 1.68. The Bertz CT molecular complexity index is 1140. The highest BCUT2D eigenvalue weighted by atomic mass is 19.1. The van der Waals surface area contributed by atoms with Crippen LogP contribution in [0.25, 0.3) is 0 Å². The second-order valence-electron chi connectivity index (χ2n) is 8.16. The molecule has 5 nitrogen and oxygen atoms in total. The zero-order valence-corrected chi connectivity index (χ0v) is 19.0. The molecule has 1 aliphatic heterocycles. The van der Waals surface area contributed by atoms with Gasteiger partial charge in [-0.25, -0.2) is 4.39 Å². The number of ether oxygens (including phenoxy) is 1. The molecule has 3 aromatic rings. The summed E-state index contributed by atoms with van der Waals surface area (Å²) in [6.07, 6.45) is 0.495. The summed E-state index contributed by atoms with van der Waals surface area (Å²) >= 11 is 0. The lowest BCUT2D eigenvalue weighted by Gasteiger charge is -2.40. The van der Waals surface area contributed by atoms with Crippen LogP contribution >= 0.6 is 0 Å². The maximum absolute atomic E-state index is 13.7. The zero-order chi connectivity index (χ0) is 23.5. The van der Waals surface area contributed by atoms with Crippen molar-refractivity contribution in [3.05, 3.63) is 89.7 Å². The van der Waals surface area contributed by atoms with E-state index in [-0.39, 0.29) is 23.7 Å². The standard InChI is InChI=1S/C27H27FN2O3/c1-4-29(21-13-11-20(28)12-14-21)27(32)24-17-18(2)30(25-8-6-5-7-23(24)25)26(31)19-9-15-22(33-3)16-10-19/h5-16,18,24H,4,17H2,1-3H3. The average Bonchev–Trinajstić information content (AvgIpc) is 2.84. The molecule has 2 atom stereocenters. The molecule has 2 amide bonds. The van der Waals surface area contributed by atoms with Crippen LogP contribution in [0.5, 0.6) is 5.75 Å². The summed E-state index contributed by atoms with van der Waals surface area (Å²) < 4.78 is 18.6. The van der Waals surface area contributed by atoms with Crippen LogP contribution in [0.2, 0.25) is 0 Å². The Hall–Kier alpha value is -3.67. The molecule has 6 heteroatoms. The van der Waals surface area contributed by atoms with Gasteiger partial charge in [0, 0.05) is 29.5 Å². The van der Waals surface area contributed by atoms with Crippen LogP contribution in [0.4, 0.5) is 15.8 Å². The van der Waals surface area contributed by atoms with Crippen LogP contribution in [-0.4, -0.2) is 31.5 Å². The first-order valence-electron chi connectivity index (χ1n) is 11.1. The molecule has 0 N–H and O–H groups in total. The number of amides is 2. The molecule has 0 bridgehead atoms. The molecular weight excluding hydrogens is 419 g/mol. The summed E-state index contributed by atoms with van der Waals surface area (Å²) in [6, 6.07) is 20.4. The van der Waals surface area contributed by atoms with Gasteiger partial charge in [-0.15, -0.1) is 0 Å². The van der Waals surface area contributed by atoms with E-state index < -0.39 is 5.92 Å². The van der Waals surface area contributed by atoms with Crippen molar-refractivity contribution in [3.63, 3.8) is 0 Å². The van der Waals surface area contributed by atoms with E-state index in [4.69, 9.17) is 4.74 Å². The minimum Gasteiger partial charge on any atom is -0.497 e. The van der Waals surface area contributed by atoms with Crippen LogP contribution in [0.3, 0.4) is 0 Å². The second-order valence-corrected chi connectivity index (χ2v) is 8.16. The number of anilines is 2. The van der Waals surface area contributed by atoms with Gasteiger partial charge in [-0.2, -0.15) is 0 Å². The number of likely N-dealkylation sites (N-methyl/N-ethyl adjacent to an activating group) is 1. The quantitative estimate of drug-likeness (QED) is 0.527. The second kappa shape index (κ2) is 9.45. The van der Waals surface area contributed by atoms with Crippen molar-refractivity contribution in [2.24, 2.45) is 0 Å². The van der Waals surface area contributed by atoms with Gasteiger partial charge in [0.2, 0.25) is 5.91 Å². The summed E-state index contributed by atoms with van der Waals surface area (Å²) in [6.45, 7) is 4.33. The fraction of sp³-hybridized carbons (Fsp3) is 0.259. The van der Waals surface area contributed by atoms with Crippen molar-refractivity contribution in [2.45, 2.75) is 32.2 Å². The number of carbonyl (C=O) groups is 2. The number of hydrogen-bond donors (Lipinski definition) is 0. The van der Waals surface area contributed by atoms with Gasteiger partial charge in [-0.3, -0.25) is 9.59 Å². The Labute approximate surface area is 193 Å². The third-order valence-corrected chi connectivity index (χ3v) is 6.16. The first kappa shape index (κ1) is 22.5. The Kier molecular flexibility index (Phi) is 6.45. The third kappa shape index (κ3) is 4.33. The number of halogens is 1. The highest BCUT2D eigenvalue weighted by Crippen LogP contribution is 2.40. The molecule has 33 heavy (non-hydrogen) atoms. The van der Waals surface area contributed by atoms with Crippen molar-refractivity contribution < 1.29 is 18.7 Å². The normalized spacial score (nSPS) is 17.3. The minimum absolute atomic E-state index is 0.0556. The highest BCUT2D eigenvalue weighted by molar-refractivity contribution is 6.09. The molecule has 3 aromatic carbocycles. The molecule has 0 saturated carbocycles. The van der Waals surface area contributed by atoms with Gasteiger partial charge in [0.25, 0.3) is 5.91 Å². The lowest BCUT2D eigenvalue weighted by molar-refractivity contribution is -0.120. The van der Waals surface area contributed by atoms with E-state index in [2.05, 4.69) is 0 Å². The number of hydrogen-bond acceptors (Lipinski definition) is 3. The van der Waals surface area contributed by atoms with E-state index >= 15 is 0 Å².